The third-order valence-corrected chi connectivity index (χ3v) is 7.24. The smallest absolute Gasteiger partial charge is 0.251 e. The van der Waals surface area contributed by atoms with Crippen LogP contribution in [-0.4, -0.2) is 43.5 Å². The Morgan fingerprint density at radius 3 is 2.78 bits per heavy atom. The number of hydrogen-bond acceptors (Lipinski definition) is 8. The van der Waals surface area contributed by atoms with Crippen molar-refractivity contribution >= 4 is 40.0 Å². The molecule has 1 fully saturated rings. The van der Waals surface area contributed by atoms with Crippen LogP contribution in [-0.2, 0) is 0 Å². The van der Waals surface area contributed by atoms with Crippen molar-refractivity contribution in [3.63, 3.8) is 0 Å². The molecule has 1 saturated carbocycles. The minimum Gasteiger partial charge on any atom is -0.349 e. The van der Waals surface area contributed by atoms with Crippen molar-refractivity contribution in [3.05, 3.63) is 58.9 Å². The lowest BCUT2D eigenvalue weighted by Crippen LogP contribution is -2.41. The predicted octanol–water partition coefficient (Wildman–Crippen LogP) is 5.10. The molecule has 3 unspecified atom stereocenters. The van der Waals surface area contributed by atoms with Crippen molar-refractivity contribution in [2.45, 2.75) is 44.2 Å². The van der Waals surface area contributed by atoms with Gasteiger partial charge >= 0.3 is 0 Å². The zero-order chi connectivity index (χ0) is 25.8. The Balaban J connectivity index is 1.46. The maximum atomic E-state index is 14.1. The van der Waals surface area contributed by atoms with Gasteiger partial charge in [-0.3, -0.25) is 0 Å². The van der Waals surface area contributed by atoms with Crippen molar-refractivity contribution in [2.75, 3.05) is 16.8 Å². The predicted molar refractivity (Wildman–Crippen MR) is 134 cm³/mol. The summed E-state index contributed by atoms with van der Waals surface area (Å²) in [5.41, 5.74) is 8.15. The zero-order valence-electron chi connectivity index (χ0n) is 19.7. The summed E-state index contributed by atoms with van der Waals surface area (Å²) in [6, 6.07) is 4.22. The number of fused-ring (bicyclic) bond motifs is 2. The largest absolute Gasteiger partial charge is 0.349 e. The van der Waals surface area contributed by atoms with Crippen LogP contribution in [0.3, 0.4) is 0 Å². The van der Waals surface area contributed by atoms with Crippen LogP contribution in [0.15, 0.2) is 30.6 Å². The Hall–Kier alpha value is -3.57. The van der Waals surface area contributed by atoms with Crippen LogP contribution in [0.2, 0.25) is 5.15 Å². The summed E-state index contributed by atoms with van der Waals surface area (Å²) in [6.45, 7) is 2.70. The molecule has 0 bridgehead atoms. The molecule has 0 radical (unpaired) electrons. The Labute approximate surface area is 215 Å². The molecular formula is C25H22ClF3N8. The first-order valence-electron chi connectivity index (χ1n) is 12.0. The standard InChI is InChI=1S/C25H22ClF3N8/c1-2-12(3-5-30)37-17-8-13(17)14-10-32-21(26)20-19(14)25(37)36-23(34-20)11-4-6-31-18(7-11)33-24-16(28)9-15(27)22(29)35-24/h4,6-7,9-10,12-13,17H,2-3,5,8,30H2,1H3,(H,31,33,35). The van der Waals surface area contributed by atoms with Crippen LogP contribution in [0, 0.1) is 17.6 Å². The number of nitrogens with one attached hydrogen (secondary N) is 1. The summed E-state index contributed by atoms with van der Waals surface area (Å²) in [5.74, 6) is -2.67. The second kappa shape index (κ2) is 9.07. The second-order valence-corrected chi connectivity index (χ2v) is 9.56. The number of hydrogen-bond donors (Lipinski definition) is 2. The highest BCUT2D eigenvalue weighted by Crippen LogP contribution is 2.55. The lowest BCUT2D eigenvalue weighted by Gasteiger charge is -2.36. The van der Waals surface area contributed by atoms with E-state index in [0.29, 0.717) is 41.5 Å². The number of anilines is 3. The maximum absolute atomic E-state index is 14.1. The Morgan fingerprint density at radius 2 is 2.00 bits per heavy atom. The fourth-order valence-electron chi connectivity index (χ4n) is 5.16. The van der Waals surface area contributed by atoms with Gasteiger partial charge in [0, 0.05) is 42.0 Å². The van der Waals surface area contributed by atoms with Crippen molar-refractivity contribution < 1.29 is 13.2 Å². The monoisotopic (exact) mass is 526 g/mol. The summed E-state index contributed by atoms with van der Waals surface area (Å²) in [7, 11) is 0. The van der Waals surface area contributed by atoms with Crippen molar-refractivity contribution in [1.82, 2.24) is 24.9 Å². The molecule has 5 heterocycles. The van der Waals surface area contributed by atoms with Gasteiger partial charge in [0.1, 0.15) is 17.2 Å². The van der Waals surface area contributed by atoms with E-state index in [9.17, 15) is 13.2 Å². The van der Waals surface area contributed by atoms with E-state index >= 15 is 0 Å². The van der Waals surface area contributed by atoms with E-state index in [1.807, 2.05) is 6.20 Å². The lowest BCUT2D eigenvalue weighted by molar-refractivity contribution is 0.467. The average molecular weight is 527 g/mol. The van der Waals surface area contributed by atoms with Crippen LogP contribution < -0.4 is 16.0 Å². The molecule has 1 aliphatic heterocycles. The summed E-state index contributed by atoms with van der Waals surface area (Å²) in [5, 5.41) is 3.77. The third-order valence-electron chi connectivity index (χ3n) is 6.96. The molecule has 3 atom stereocenters. The Bertz CT molecular complexity index is 1530. The highest BCUT2D eigenvalue weighted by atomic mass is 35.5. The summed E-state index contributed by atoms with van der Waals surface area (Å²) in [6.07, 6.45) is 6.03. The summed E-state index contributed by atoms with van der Waals surface area (Å²) in [4.78, 5) is 23.9. The van der Waals surface area contributed by atoms with Gasteiger partial charge in [-0.1, -0.05) is 18.5 Å². The summed E-state index contributed by atoms with van der Waals surface area (Å²) >= 11 is 6.53. The Morgan fingerprint density at radius 1 is 1.16 bits per heavy atom. The van der Waals surface area contributed by atoms with E-state index in [-0.39, 0.29) is 17.0 Å². The molecular weight excluding hydrogens is 505 g/mol. The molecule has 8 nitrogen and oxygen atoms in total. The van der Waals surface area contributed by atoms with Gasteiger partial charge in [-0.05, 0) is 43.5 Å². The van der Waals surface area contributed by atoms with Crippen LogP contribution in [0.25, 0.3) is 22.3 Å². The zero-order valence-corrected chi connectivity index (χ0v) is 20.5. The van der Waals surface area contributed by atoms with Gasteiger partial charge in [0.25, 0.3) is 5.95 Å². The molecule has 37 heavy (non-hydrogen) atoms. The highest BCUT2D eigenvalue weighted by molar-refractivity contribution is 6.34. The first-order valence-corrected chi connectivity index (χ1v) is 12.4. The molecule has 3 N–H and O–H groups in total. The van der Waals surface area contributed by atoms with Gasteiger partial charge < -0.3 is 16.0 Å². The lowest BCUT2D eigenvalue weighted by atomic mass is 10.00. The van der Waals surface area contributed by atoms with Crippen molar-refractivity contribution in [3.8, 4) is 11.4 Å². The SMILES string of the molecule is CCC(CCN)N1c2nc(-c3ccnc(Nc4nc(F)c(F)cc4F)c3)nc3c(Cl)ncc(c23)C2CC21. The highest BCUT2D eigenvalue weighted by Gasteiger charge is 2.50. The van der Waals surface area contributed by atoms with E-state index in [1.165, 1.54) is 6.20 Å². The van der Waals surface area contributed by atoms with E-state index in [1.54, 1.807) is 12.1 Å². The van der Waals surface area contributed by atoms with Crippen LogP contribution in [0.1, 0.15) is 37.7 Å². The van der Waals surface area contributed by atoms with Gasteiger partial charge in [-0.2, -0.15) is 9.37 Å². The molecule has 1 aliphatic carbocycles. The van der Waals surface area contributed by atoms with Crippen LogP contribution in [0.4, 0.5) is 30.6 Å². The summed E-state index contributed by atoms with van der Waals surface area (Å²) < 4.78 is 41.0. The van der Waals surface area contributed by atoms with E-state index < -0.39 is 23.4 Å². The van der Waals surface area contributed by atoms with E-state index in [4.69, 9.17) is 27.3 Å². The molecule has 12 heteroatoms. The fraction of sp³-hybridized carbons (Fsp3) is 0.320. The van der Waals surface area contributed by atoms with Crippen molar-refractivity contribution in [2.24, 2.45) is 5.73 Å². The quantitative estimate of drug-likeness (QED) is 0.320. The normalized spacial score (nSPS) is 18.6. The van der Waals surface area contributed by atoms with Crippen LogP contribution >= 0.6 is 11.6 Å². The minimum absolute atomic E-state index is 0.152. The number of aromatic nitrogens is 5. The first-order chi connectivity index (χ1) is 17.9. The molecule has 4 aromatic heterocycles. The molecule has 4 aromatic rings. The topological polar surface area (TPSA) is 106 Å². The van der Waals surface area contributed by atoms with Gasteiger partial charge in [-0.25, -0.2) is 28.7 Å². The van der Waals surface area contributed by atoms with Gasteiger partial charge in [0.05, 0.1) is 5.39 Å². The number of halogens is 4. The van der Waals surface area contributed by atoms with Gasteiger partial charge in [0.15, 0.2) is 28.4 Å². The van der Waals surface area contributed by atoms with Crippen LogP contribution in [0.5, 0.6) is 0 Å². The van der Waals surface area contributed by atoms with Crippen molar-refractivity contribution in [1.29, 1.82) is 0 Å². The third kappa shape index (κ3) is 4.02. The molecule has 0 amide bonds. The molecule has 190 valence electrons. The molecule has 6 rings (SSSR count). The van der Waals surface area contributed by atoms with E-state index in [0.717, 1.165) is 36.0 Å². The molecule has 0 spiro atoms. The second-order valence-electron chi connectivity index (χ2n) is 9.20. The fourth-order valence-corrected chi connectivity index (χ4v) is 5.35. The van der Waals surface area contributed by atoms with Gasteiger partial charge in [-0.15, -0.1) is 0 Å². The molecule has 2 aliphatic rings. The number of nitrogens with two attached hydrogens (primary N) is 1. The van der Waals surface area contributed by atoms with Gasteiger partial charge in [0.2, 0.25) is 0 Å². The van der Waals surface area contributed by atoms with E-state index in [2.05, 4.69) is 32.1 Å². The average Bonchev–Trinajstić information content (AvgIpc) is 3.68. The number of rotatable bonds is 7. The molecule has 0 saturated heterocycles. The number of nitrogens with zero attached hydrogens (tertiary/aromatic N) is 6. The maximum Gasteiger partial charge on any atom is 0.251 e. The Kier molecular flexibility index (Phi) is 5.84. The number of pyridine rings is 3. The first kappa shape index (κ1) is 23.8. The minimum atomic E-state index is -1.42. The molecule has 0 aromatic carbocycles.